The van der Waals surface area contributed by atoms with Crippen molar-refractivity contribution in [3.8, 4) is 0 Å². The Morgan fingerprint density at radius 2 is 2.11 bits per heavy atom. The molecular formula is C11H15F3N4. The average molecular weight is 260 g/mol. The van der Waals surface area contributed by atoms with Crippen LogP contribution in [0.25, 0.3) is 0 Å². The van der Waals surface area contributed by atoms with Crippen LogP contribution in [0.1, 0.15) is 18.7 Å². The number of hydrogen-bond acceptors (Lipinski definition) is 3. The summed E-state index contributed by atoms with van der Waals surface area (Å²) in [6, 6.07) is 0. The van der Waals surface area contributed by atoms with Gasteiger partial charge in [-0.15, -0.1) is 0 Å². The summed E-state index contributed by atoms with van der Waals surface area (Å²) < 4.78 is 37.3. The first-order valence-corrected chi connectivity index (χ1v) is 6.10. The van der Waals surface area contributed by atoms with Gasteiger partial charge in [-0.2, -0.15) is 18.3 Å². The Balaban J connectivity index is 1.52. The molecule has 0 amide bonds. The second kappa shape index (κ2) is 3.94. The summed E-state index contributed by atoms with van der Waals surface area (Å²) in [5.41, 5.74) is 0.485. The van der Waals surface area contributed by atoms with E-state index in [1.54, 1.807) is 0 Å². The molecule has 3 rings (SSSR count). The molecule has 1 aromatic rings. The van der Waals surface area contributed by atoms with Gasteiger partial charge in [0.15, 0.2) is 5.82 Å². The van der Waals surface area contributed by atoms with Crippen molar-refractivity contribution in [2.45, 2.75) is 32.0 Å². The van der Waals surface area contributed by atoms with E-state index in [-0.39, 0.29) is 0 Å². The largest absolute Gasteiger partial charge is 0.408 e. The standard InChI is InChI=1S/C11H15F3N4/c12-11(13,14)6-18-7-16-9(17-18)1-8-2-10(3-8)4-15-5-10/h7-8,15H,1-6H2. The van der Waals surface area contributed by atoms with Crippen LogP contribution in [0.5, 0.6) is 0 Å². The number of nitrogens with zero attached hydrogens (tertiary/aromatic N) is 3. The van der Waals surface area contributed by atoms with Crippen molar-refractivity contribution in [3.63, 3.8) is 0 Å². The highest BCUT2D eigenvalue weighted by atomic mass is 19.4. The van der Waals surface area contributed by atoms with Crippen LogP contribution in [0.15, 0.2) is 6.33 Å². The van der Waals surface area contributed by atoms with Crippen LogP contribution in [0, 0.1) is 11.3 Å². The maximum atomic E-state index is 12.1. The van der Waals surface area contributed by atoms with Crippen LogP contribution in [0.2, 0.25) is 0 Å². The Hall–Kier alpha value is -1.11. The first kappa shape index (κ1) is 12.0. The second-order valence-corrected chi connectivity index (χ2v) is 5.56. The smallest absolute Gasteiger partial charge is 0.316 e. The predicted octanol–water partition coefficient (Wildman–Crippen LogP) is 1.38. The zero-order chi connectivity index (χ0) is 12.8. The summed E-state index contributed by atoms with van der Waals surface area (Å²) in [7, 11) is 0. The molecule has 0 aromatic carbocycles. The van der Waals surface area contributed by atoms with E-state index >= 15 is 0 Å². The van der Waals surface area contributed by atoms with E-state index in [1.807, 2.05) is 0 Å². The molecule has 0 radical (unpaired) electrons. The molecule has 1 spiro atoms. The molecule has 1 N–H and O–H groups in total. The zero-order valence-electron chi connectivity index (χ0n) is 9.87. The number of nitrogens with one attached hydrogen (secondary N) is 1. The molecular weight excluding hydrogens is 245 g/mol. The van der Waals surface area contributed by atoms with Gasteiger partial charge in [0, 0.05) is 19.5 Å². The minimum atomic E-state index is -4.23. The number of alkyl halides is 3. The van der Waals surface area contributed by atoms with E-state index in [4.69, 9.17) is 0 Å². The van der Waals surface area contributed by atoms with Crippen molar-refractivity contribution in [2.75, 3.05) is 13.1 Å². The Labute approximate surface area is 103 Å². The molecule has 2 aliphatic rings. The van der Waals surface area contributed by atoms with Gasteiger partial charge in [0.2, 0.25) is 0 Å². The van der Waals surface area contributed by atoms with Crippen molar-refractivity contribution >= 4 is 0 Å². The van der Waals surface area contributed by atoms with Crippen LogP contribution in [-0.2, 0) is 13.0 Å². The first-order valence-electron chi connectivity index (χ1n) is 6.10. The third-order valence-electron chi connectivity index (χ3n) is 3.84. The van der Waals surface area contributed by atoms with Gasteiger partial charge >= 0.3 is 6.18 Å². The molecule has 0 unspecified atom stereocenters. The molecule has 1 aliphatic carbocycles. The minimum Gasteiger partial charge on any atom is -0.316 e. The van der Waals surface area contributed by atoms with E-state index in [0.717, 1.165) is 30.6 Å². The lowest BCUT2D eigenvalue weighted by Gasteiger charge is -2.54. The van der Waals surface area contributed by atoms with Crippen molar-refractivity contribution in [2.24, 2.45) is 11.3 Å². The van der Waals surface area contributed by atoms with Crippen molar-refractivity contribution in [1.29, 1.82) is 0 Å². The lowest BCUT2D eigenvalue weighted by Crippen LogP contribution is -2.60. The highest BCUT2D eigenvalue weighted by molar-refractivity contribution is 5.04. The minimum absolute atomic E-state index is 0.485. The third-order valence-corrected chi connectivity index (χ3v) is 3.84. The molecule has 1 saturated heterocycles. The fraction of sp³-hybridized carbons (Fsp3) is 0.818. The average Bonchev–Trinajstić information content (AvgIpc) is 2.52. The maximum absolute atomic E-state index is 12.1. The molecule has 2 fully saturated rings. The van der Waals surface area contributed by atoms with Crippen LogP contribution < -0.4 is 5.32 Å². The molecule has 0 bridgehead atoms. The monoisotopic (exact) mass is 260 g/mol. The van der Waals surface area contributed by atoms with Crippen molar-refractivity contribution in [3.05, 3.63) is 12.2 Å². The van der Waals surface area contributed by atoms with Crippen LogP contribution in [0.4, 0.5) is 13.2 Å². The molecule has 1 aromatic heterocycles. The number of halogens is 3. The van der Waals surface area contributed by atoms with E-state index < -0.39 is 12.7 Å². The Kier molecular flexibility index (Phi) is 2.62. The molecule has 0 atom stereocenters. The normalized spacial score (nSPS) is 22.8. The van der Waals surface area contributed by atoms with Gasteiger partial charge in [-0.3, -0.25) is 0 Å². The predicted molar refractivity (Wildman–Crippen MR) is 57.8 cm³/mol. The van der Waals surface area contributed by atoms with Gasteiger partial charge in [-0.05, 0) is 24.2 Å². The Morgan fingerprint density at radius 3 is 2.67 bits per heavy atom. The topological polar surface area (TPSA) is 42.7 Å². The molecule has 7 heteroatoms. The number of rotatable bonds is 3. The molecule has 2 heterocycles. The Morgan fingerprint density at radius 1 is 1.39 bits per heavy atom. The summed E-state index contributed by atoms with van der Waals surface area (Å²) in [6.07, 6.45) is -0.0700. The van der Waals surface area contributed by atoms with E-state index in [1.165, 1.54) is 6.33 Å². The summed E-state index contributed by atoms with van der Waals surface area (Å²) in [5, 5.41) is 7.14. The molecule has 4 nitrogen and oxygen atoms in total. The zero-order valence-corrected chi connectivity index (χ0v) is 9.87. The quantitative estimate of drug-likeness (QED) is 0.893. The van der Waals surface area contributed by atoms with Crippen LogP contribution >= 0.6 is 0 Å². The van der Waals surface area contributed by atoms with Crippen molar-refractivity contribution < 1.29 is 13.2 Å². The van der Waals surface area contributed by atoms with E-state index in [2.05, 4.69) is 15.4 Å². The summed E-state index contributed by atoms with van der Waals surface area (Å²) in [5.74, 6) is 1.07. The summed E-state index contributed by atoms with van der Waals surface area (Å²) >= 11 is 0. The summed E-state index contributed by atoms with van der Waals surface area (Å²) in [6.45, 7) is 1.11. The van der Waals surface area contributed by atoms with E-state index in [0.29, 0.717) is 23.6 Å². The van der Waals surface area contributed by atoms with E-state index in [9.17, 15) is 13.2 Å². The maximum Gasteiger partial charge on any atom is 0.408 e. The molecule has 100 valence electrons. The molecule has 1 saturated carbocycles. The number of aromatic nitrogens is 3. The van der Waals surface area contributed by atoms with Gasteiger partial charge < -0.3 is 5.32 Å². The molecule has 1 aliphatic heterocycles. The SMILES string of the molecule is FC(F)(F)Cn1cnc(CC2CC3(CNC3)C2)n1. The highest BCUT2D eigenvalue weighted by Crippen LogP contribution is 2.49. The lowest BCUT2D eigenvalue weighted by molar-refractivity contribution is -0.142. The number of hydrogen-bond donors (Lipinski definition) is 1. The third kappa shape index (κ3) is 2.36. The summed E-state index contributed by atoms with van der Waals surface area (Å²) in [4.78, 5) is 3.95. The first-order chi connectivity index (χ1) is 8.44. The fourth-order valence-electron chi connectivity index (χ4n) is 3.02. The second-order valence-electron chi connectivity index (χ2n) is 5.56. The Bertz CT molecular complexity index is 428. The van der Waals surface area contributed by atoms with Gasteiger partial charge in [-0.25, -0.2) is 9.67 Å². The fourth-order valence-corrected chi connectivity index (χ4v) is 3.02. The van der Waals surface area contributed by atoms with Gasteiger partial charge in [0.1, 0.15) is 12.9 Å². The highest BCUT2D eigenvalue weighted by Gasteiger charge is 2.48. The van der Waals surface area contributed by atoms with Gasteiger partial charge in [0.05, 0.1) is 0 Å². The molecule has 18 heavy (non-hydrogen) atoms. The van der Waals surface area contributed by atoms with Gasteiger partial charge in [-0.1, -0.05) is 0 Å². The van der Waals surface area contributed by atoms with Crippen LogP contribution in [-0.4, -0.2) is 34.0 Å². The van der Waals surface area contributed by atoms with Crippen molar-refractivity contribution in [1.82, 2.24) is 20.1 Å². The van der Waals surface area contributed by atoms with Crippen LogP contribution in [0.3, 0.4) is 0 Å². The van der Waals surface area contributed by atoms with Gasteiger partial charge in [0.25, 0.3) is 0 Å². The lowest BCUT2D eigenvalue weighted by atomic mass is 9.58.